The number of hydrogen-bond donors (Lipinski definition) is 2. The Hall–Kier alpha value is -0.950. The molecule has 4 aliphatic carbocycles. The SMILES string of the molecule is C[C@@H]1O[C@@H](O[C@H]2CC[C@@]3(C)[C@H](CC[C@@H]4[C@@H]3C[C@@H](C)[C@]3(C)[C@@H](C5=CC(=O)OC5)CC[C@]43O)C2)CC[C@H]1O. The Bertz CT molecular complexity index is 917. The first kappa shape index (κ1) is 25.3. The van der Waals surface area contributed by atoms with Gasteiger partial charge in [0.2, 0.25) is 0 Å². The van der Waals surface area contributed by atoms with Crippen molar-refractivity contribution in [3.8, 4) is 0 Å². The maximum absolute atomic E-state index is 12.5. The summed E-state index contributed by atoms with van der Waals surface area (Å²) in [6.45, 7) is 9.52. The van der Waals surface area contributed by atoms with Crippen molar-refractivity contribution < 1.29 is 29.2 Å². The molecule has 6 aliphatic rings. The second-order valence-corrected chi connectivity index (χ2v) is 13.7. The van der Waals surface area contributed by atoms with Crippen LogP contribution in [0.15, 0.2) is 11.6 Å². The number of aliphatic hydroxyl groups excluding tert-OH is 1. The van der Waals surface area contributed by atoms with E-state index in [1.807, 2.05) is 6.92 Å². The van der Waals surface area contributed by atoms with Crippen LogP contribution in [0.2, 0.25) is 0 Å². The molecule has 4 saturated carbocycles. The highest BCUT2D eigenvalue weighted by Crippen LogP contribution is 2.71. The van der Waals surface area contributed by atoms with Crippen molar-refractivity contribution in [3.05, 3.63) is 11.6 Å². The van der Waals surface area contributed by atoms with Crippen LogP contribution in [0, 0.1) is 40.4 Å². The summed E-state index contributed by atoms with van der Waals surface area (Å²) < 4.78 is 17.7. The standard InChI is InChI=1S/C30H46O6/c1-17-13-24-23(30(33)12-10-22(29(17,30)4)19-14-26(32)34-16-19)6-5-20-15-21(9-11-28(20,24)3)36-27-8-7-25(31)18(2)35-27/h14,17-18,20-25,27,31,33H,5-13,15-16H2,1-4H3/t17-,18+,20-,21+,22-,23-,24+,25-,27+,28+,29-,30+/m1/s1. The lowest BCUT2D eigenvalue weighted by atomic mass is 9.41. The molecule has 0 amide bonds. The average molecular weight is 503 g/mol. The van der Waals surface area contributed by atoms with Crippen LogP contribution >= 0.6 is 0 Å². The third-order valence-corrected chi connectivity index (χ3v) is 12.4. The highest BCUT2D eigenvalue weighted by atomic mass is 16.7. The molecule has 36 heavy (non-hydrogen) atoms. The number of esters is 1. The van der Waals surface area contributed by atoms with E-state index in [1.54, 1.807) is 6.08 Å². The van der Waals surface area contributed by atoms with Gasteiger partial charge in [-0.1, -0.05) is 20.8 Å². The Kier molecular flexibility index (Phi) is 6.19. The van der Waals surface area contributed by atoms with Gasteiger partial charge in [0.15, 0.2) is 6.29 Å². The van der Waals surface area contributed by atoms with Gasteiger partial charge in [0, 0.05) is 17.9 Å². The lowest BCUT2D eigenvalue weighted by Gasteiger charge is -2.65. The van der Waals surface area contributed by atoms with Crippen LogP contribution < -0.4 is 0 Å². The number of fused-ring (bicyclic) bond motifs is 5. The average Bonchev–Trinajstić information content (AvgIpc) is 3.38. The van der Waals surface area contributed by atoms with E-state index in [2.05, 4.69) is 20.8 Å². The molecule has 0 spiro atoms. The van der Waals surface area contributed by atoms with E-state index in [9.17, 15) is 15.0 Å². The summed E-state index contributed by atoms with van der Waals surface area (Å²) >= 11 is 0. The molecular formula is C30H46O6. The molecule has 6 heteroatoms. The second kappa shape index (κ2) is 8.79. The zero-order chi connectivity index (χ0) is 25.5. The Balaban J connectivity index is 1.19. The normalized spacial score (nSPS) is 54.8. The summed E-state index contributed by atoms with van der Waals surface area (Å²) in [6.07, 6.45) is 11.2. The number of rotatable bonds is 3. The van der Waals surface area contributed by atoms with Crippen LogP contribution in [0.1, 0.15) is 91.9 Å². The number of aliphatic hydroxyl groups is 2. The molecule has 0 aromatic carbocycles. The van der Waals surface area contributed by atoms with Crippen molar-refractivity contribution in [2.75, 3.05) is 6.61 Å². The molecule has 12 atom stereocenters. The lowest BCUT2D eigenvalue weighted by Crippen LogP contribution is -2.65. The summed E-state index contributed by atoms with van der Waals surface area (Å²) in [5, 5.41) is 22.5. The van der Waals surface area contributed by atoms with Crippen molar-refractivity contribution in [1.29, 1.82) is 0 Å². The van der Waals surface area contributed by atoms with Crippen LogP contribution in [-0.4, -0.2) is 53.0 Å². The van der Waals surface area contributed by atoms with E-state index >= 15 is 0 Å². The summed E-state index contributed by atoms with van der Waals surface area (Å²) in [6, 6.07) is 0. The molecule has 0 aromatic rings. The number of cyclic esters (lactones) is 1. The third kappa shape index (κ3) is 3.60. The van der Waals surface area contributed by atoms with Crippen molar-refractivity contribution in [1.82, 2.24) is 0 Å². The maximum atomic E-state index is 12.5. The Morgan fingerprint density at radius 1 is 1.00 bits per heavy atom. The fourth-order valence-electron chi connectivity index (χ4n) is 10.1. The molecule has 0 bridgehead atoms. The highest BCUT2D eigenvalue weighted by molar-refractivity contribution is 5.85. The van der Waals surface area contributed by atoms with Crippen LogP contribution in [0.25, 0.3) is 0 Å². The van der Waals surface area contributed by atoms with Gasteiger partial charge < -0.3 is 24.4 Å². The van der Waals surface area contributed by atoms with E-state index in [1.165, 1.54) is 0 Å². The van der Waals surface area contributed by atoms with Crippen LogP contribution in [0.5, 0.6) is 0 Å². The molecule has 0 aromatic heterocycles. The van der Waals surface area contributed by atoms with Crippen molar-refractivity contribution in [2.24, 2.45) is 40.4 Å². The molecule has 6 rings (SSSR count). The Morgan fingerprint density at radius 2 is 1.81 bits per heavy atom. The summed E-state index contributed by atoms with van der Waals surface area (Å²) in [4.78, 5) is 11.9. The van der Waals surface area contributed by atoms with Crippen molar-refractivity contribution in [2.45, 2.75) is 122 Å². The summed E-state index contributed by atoms with van der Waals surface area (Å²) in [5.74, 6) is 1.87. The van der Waals surface area contributed by atoms with Gasteiger partial charge in [-0.15, -0.1) is 0 Å². The van der Waals surface area contributed by atoms with E-state index < -0.39 is 5.60 Å². The molecule has 2 heterocycles. The number of hydrogen-bond acceptors (Lipinski definition) is 6. The second-order valence-electron chi connectivity index (χ2n) is 13.7. The topological polar surface area (TPSA) is 85.2 Å². The quantitative estimate of drug-likeness (QED) is 0.428. The Labute approximate surface area is 216 Å². The minimum atomic E-state index is -0.680. The number of ether oxygens (including phenoxy) is 3. The minimum Gasteiger partial charge on any atom is -0.458 e. The van der Waals surface area contributed by atoms with Crippen LogP contribution in [0.3, 0.4) is 0 Å². The lowest BCUT2D eigenvalue weighted by molar-refractivity contribution is -0.256. The number of carbonyl (C=O) groups is 1. The molecule has 0 radical (unpaired) electrons. The molecule has 0 unspecified atom stereocenters. The minimum absolute atomic E-state index is 0.160. The predicted molar refractivity (Wildman–Crippen MR) is 135 cm³/mol. The molecular weight excluding hydrogens is 456 g/mol. The van der Waals surface area contributed by atoms with Crippen LogP contribution in [-0.2, 0) is 19.0 Å². The third-order valence-electron chi connectivity index (χ3n) is 12.4. The molecule has 6 nitrogen and oxygen atoms in total. The monoisotopic (exact) mass is 502 g/mol. The fourth-order valence-corrected chi connectivity index (χ4v) is 10.1. The van der Waals surface area contributed by atoms with Crippen LogP contribution in [0.4, 0.5) is 0 Å². The first-order valence-electron chi connectivity index (χ1n) is 14.6. The fraction of sp³-hybridized carbons (Fsp3) is 0.900. The van der Waals surface area contributed by atoms with E-state index in [0.29, 0.717) is 30.3 Å². The smallest absolute Gasteiger partial charge is 0.331 e. The molecule has 2 N–H and O–H groups in total. The van der Waals surface area contributed by atoms with Gasteiger partial charge in [0.05, 0.1) is 23.9 Å². The maximum Gasteiger partial charge on any atom is 0.331 e. The molecule has 2 aliphatic heterocycles. The molecule has 5 fully saturated rings. The van der Waals surface area contributed by atoms with Gasteiger partial charge >= 0.3 is 5.97 Å². The van der Waals surface area contributed by atoms with Gasteiger partial charge in [-0.05, 0) is 105 Å². The summed E-state index contributed by atoms with van der Waals surface area (Å²) in [5.41, 5.74) is 0.445. The van der Waals surface area contributed by atoms with Gasteiger partial charge in [0.25, 0.3) is 0 Å². The van der Waals surface area contributed by atoms with Gasteiger partial charge in [0.1, 0.15) is 6.61 Å². The first-order valence-corrected chi connectivity index (χ1v) is 14.6. The molecule has 202 valence electrons. The van der Waals surface area contributed by atoms with E-state index in [-0.39, 0.29) is 47.3 Å². The predicted octanol–water partition coefficient (Wildman–Crippen LogP) is 4.76. The molecule has 1 saturated heterocycles. The first-order chi connectivity index (χ1) is 17.1. The van der Waals surface area contributed by atoms with Crippen molar-refractivity contribution >= 4 is 5.97 Å². The zero-order valence-corrected chi connectivity index (χ0v) is 22.6. The van der Waals surface area contributed by atoms with Crippen molar-refractivity contribution in [3.63, 3.8) is 0 Å². The van der Waals surface area contributed by atoms with Gasteiger partial charge in [-0.2, -0.15) is 0 Å². The van der Waals surface area contributed by atoms with E-state index in [0.717, 1.165) is 69.8 Å². The zero-order valence-electron chi connectivity index (χ0n) is 22.6. The highest BCUT2D eigenvalue weighted by Gasteiger charge is 2.69. The largest absolute Gasteiger partial charge is 0.458 e. The summed E-state index contributed by atoms with van der Waals surface area (Å²) in [7, 11) is 0. The van der Waals surface area contributed by atoms with Gasteiger partial charge in [-0.25, -0.2) is 4.79 Å². The Morgan fingerprint density at radius 3 is 2.53 bits per heavy atom. The number of carbonyl (C=O) groups excluding carboxylic acids is 1. The van der Waals surface area contributed by atoms with Gasteiger partial charge in [-0.3, -0.25) is 0 Å². The van der Waals surface area contributed by atoms with E-state index in [4.69, 9.17) is 14.2 Å².